The highest BCUT2D eigenvalue weighted by Gasteiger charge is 2.33. The van der Waals surface area contributed by atoms with E-state index in [1.807, 2.05) is 24.3 Å². The standard InChI is InChI=1S/C16H19F3N4O/c1-24-13-4-2-12(3-5-13)23-8-6-22(7-9-23)11-15-20-10-14(21-15)16(17,18)19/h2-5,10H,6-9,11H2,1H3,(H,20,21). The summed E-state index contributed by atoms with van der Waals surface area (Å²) in [6.45, 7) is 3.58. The van der Waals surface area contributed by atoms with E-state index in [9.17, 15) is 13.2 Å². The van der Waals surface area contributed by atoms with Gasteiger partial charge in [0.15, 0.2) is 0 Å². The molecule has 8 heteroatoms. The van der Waals surface area contributed by atoms with Gasteiger partial charge in [-0.3, -0.25) is 4.90 Å². The summed E-state index contributed by atoms with van der Waals surface area (Å²) < 4.78 is 42.9. The normalized spacial score (nSPS) is 16.4. The molecule has 1 aromatic carbocycles. The van der Waals surface area contributed by atoms with Crippen LogP contribution in [0.1, 0.15) is 11.5 Å². The second-order valence-corrected chi connectivity index (χ2v) is 5.70. The van der Waals surface area contributed by atoms with Crippen LogP contribution in [0.15, 0.2) is 30.5 Å². The number of rotatable bonds is 4. The SMILES string of the molecule is COc1ccc(N2CCN(Cc3ncc(C(F)(F)F)[nH]3)CC2)cc1. The molecule has 0 radical (unpaired) electrons. The lowest BCUT2D eigenvalue weighted by atomic mass is 10.2. The number of aromatic amines is 1. The second-order valence-electron chi connectivity index (χ2n) is 5.70. The number of hydrogen-bond donors (Lipinski definition) is 1. The lowest BCUT2D eigenvalue weighted by Crippen LogP contribution is -2.46. The van der Waals surface area contributed by atoms with Crippen molar-refractivity contribution in [1.82, 2.24) is 14.9 Å². The van der Waals surface area contributed by atoms with Gasteiger partial charge >= 0.3 is 6.18 Å². The zero-order valence-electron chi connectivity index (χ0n) is 13.3. The Balaban J connectivity index is 1.54. The Hall–Kier alpha value is -2.22. The number of imidazole rings is 1. The molecule has 5 nitrogen and oxygen atoms in total. The fourth-order valence-corrected chi connectivity index (χ4v) is 2.76. The molecule has 1 aromatic heterocycles. The maximum absolute atomic E-state index is 12.6. The van der Waals surface area contributed by atoms with Gasteiger partial charge in [-0.2, -0.15) is 13.2 Å². The van der Waals surface area contributed by atoms with Gasteiger partial charge in [0.1, 0.15) is 17.3 Å². The van der Waals surface area contributed by atoms with Crippen LogP contribution in [0.5, 0.6) is 5.75 Å². The molecular formula is C16H19F3N4O. The van der Waals surface area contributed by atoms with E-state index in [1.165, 1.54) is 0 Å². The number of hydrogen-bond acceptors (Lipinski definition) is 4. The van der Waals surface area contributed by atoms with Crippen molar-refractivity contribution < 1.29 is 17.9 Å². The van der Waals surface area contributed by atoms with Crippen LogP contribution in [-0.2, 0) is 12.7 Å². The molecule has 1 aliphatic rings. The number of methoxy groups -OCH3 is 1. The van der Waals surface area contributed by atoms with Gasteiger partial charge < -0.3 is 14.6 Å². The zero-order chi connectivity index (χ0) is 17.2. The Morgan fingerprint density at radius 3 is 2.33 bits per heavy atom. The molecule has 1 N–H and O–H groups in total. The molecule has 0 amide bonds. The van der Waals surface area contributed by atoms with Gasteiger partial charge in [-0.1, -0.05) is 0 Å². The monoisotopic (exact) mass is 340 g/mol. The van der Waals surface area contributed by atoms with Crippen LogP contribution in [0.3, 0.4) is 0 Å². The average Bonchev–Trinajstić information content (AvgIpc) is 3.05. The lowest BCUT2D eigenvalue weighted by molar-refractivity contribution is -0.141. The van der Waals surface area contributed by atoms with Gasteiger partial charge in [-0.15, -0.1) is 0 Å². The number of halogens is 3. The second kappa shape index (κ2) is 6.72. The summed E-state index contributed by atoms with van der Waals surface area (Å²) in [6, 6.07) is 7.86. The maximum atomic E-state index is 12.6. The maximum Gasteiger partial charge on any atom is 0.432 e. The first-order chi connectivity index (χ1) is 11.5. The van der Waals surface area contributed by atoms with E-state index in [0.29, 0.717) is 12.4 Å². The number of nitrogens with zero attached hydrogens (tertiary/aromatic N) is 3. The Labute approximate surface area is 138 Å². The first-order valence-corrected chi connectivity index (χ1v) is 7.68. The van der Waals surface area contributed by atoms with Crippen LogP contribution in [0, 0.1) is 0 Å². The smallest absolute Gasteiger partial charge is 0.432 e. The number of alkyl halides is 3. The predicted molar refractivity (Wildman–Crippen MR) is 84.1 cm³/mol. The molecule has 0 saturated carbocycles. The van der Waals surface area contributed by atoms with Gasteiger partial charge in [0.2, 0.25) is 0 Å². The van der Waals surface area contributed by atoms with E-state index >= 15 is 0 Å². The van der Waals surface area contributed by atoms with Crippen molar-refractivity contribution in [2.75, 3.05) is 38.2 Å². The summed E-state index contributed by atoms with van der Waals surface area (Å²) in [5, 5.41) is 0. The van der Waals surface area contributed by atoms with Crippen molar-refractivity contribution in [2.45, 2.75) is 12.7 Å². The topological polar surface area (TPSA) is 44.4 Å². The number of anilines is 1. The molecular weight excluding hydrogens is 321 g/mol. The summed E-state index contributed by atoms with van der Waals surface area (Å²) in [4.78, 5) is 10.5. The Morgan fingerprint density at radius 2 is 1.79 bits per heavy atom. The highest BCUT2D eigenvalue weighted by atomic mass is 19.4. The summed E-state index contributed by atoms with van der Waals surface area (Å²) in [5.41, 5.74) is 0.321. The molecule has 3 rings (SSSR count). The van der Waals surface area contributed by atoms with Crippen LogP contribution in [-0.4, -0.2) is 48.2 Å². The third-order valence-corrected chi connectivity index (χ3v) is 4.12. The van der Waals surface area contributed by atoms with Gasteiger partial charge in [0, 0.05) is 31.9 Å². The molecule has 130 valence electrons. The van der Waals surface area contributed by atoms with Crippen LogP contribution >= 0.6 is 0 Å². The predicted octanol–water partition coefficient (Wildman–Crippen LogP) is 2.76. The van der Waals surface area contributed by atoms with Gasteiger partial charge in [0.05, 0.1) is 19.9 Å². The summed E-state index contributed by atoms with van der Waals surface area (Å²) in [7, 11) is 1.63. The number of nitrogens with one attached hydrogen (secondary N) is 1. The Morgan fingerprint density at radius 1 is 1.12 bits per heavy atom. The van der Waals surface area contributed by atoms with Crippen molar-refractivity contribution in [3.8, 4) is 5.75 Å². The fourth-order valence-electron chi connectivity index (χ4n) is 2.76. The van der Waals surface area contributed by atoms with Crippen LogP contribution < -0.4 is 9.64 Å². The minimum atomic E-state index is -4.38. The van der Waals surface area contributed by atoms with Crippen molar-refractivity contribution >= 4 is 5.69 Å². The number of piperazine rings is 1. The van der Waals surface area contributed by atoms with Crippen molar-refractivity contribution in [2.24, 2.45) is 0 Å². The molecule has 1 aliphatic heterocycles. The largest absolute Gasteiger partial charge is 0.497 e. The first kappa shape index (κ1) is 16.6. The molecule has 2 aromatic rings. The van der Waals surface area contributed by atoms with Gasteiger partial charge in [-0.05, 0) is 24.3 Å². The van der Waals surface area contributed by atoms with Crippen molar-refractivity contribution in [3.63, 3.8) is 0 Å². The lowest BCUT2D eigenvalue weighted by Gasteiger charge is -2.35. The fraction of sp³-hybridized carbons (Fsp3) is 0.438. The number of benzene rings is 1. The Kier molecular flexibility index (Phi) is 4.66. The molecule has 0 atom stereocenters. The van der Waals surface area contributed by atoms with Crippen molar-refractivity contribution in [1.29, 1.82) is 0 Å². The quantitative estimate of drug-likeness (QED) is 0.930. The van der Waals surface area contributed by atoms with E-state index in [-0.39, 0.29) is 0 Å². The van der Waals surface area contributed by atoms with Gasteiger partial charge in [0.25, 0.3) is 0 Å². The number of ether oxygens (including phenoxy) is 1. The van der Waals surface area contributed by atoms with Crippen LogP contribution in [0.25, 0.3) is 0 Å². The zero-order valence-corrected chi connectivity index (χ0v) is 13.3. The third-order valence-electron chi connectivity index (χ3n) is 4.12. The highest BCUT2D eigenvalue weighted by molar-refractivity contribution is 5.49. The molecule has 0 unspecified atom stereocenters. The molecule has 1 fully saturated rings. The van der Waals surface area contributed by atoms with Crippen molar-refractivity contribution in [3.05, 3.63) is 42.0 Å². The number of aromatic nitrogens is 2. The number of H-pyrrole nitrogens is 1. The summed E-state index contributed by atoms with van der Waals surface area (Å²) in [6.07, 6.45) is -3.53. The average molecular weight is 340 g/mol. The molecule has 24 heavy (non-hydrogen) atoms. The molecule has 1 saturated heterocycles. The minimum absolute atomic E-state index is 0.347. The summed E-state index contributed by atoms with van der Waals surface area (Å²) >= 11 is 0. The Bertz CT molecular complexity index is 661. The third kappa shape index (κ3) is 3.81. The molecule has 0 aliphatic carbocycles. The molecule has 0 bridgehead atoms. The van der Waals surface area contributed by atoms with E-state index in [1.54, 1.807) is 7.11 Å². The van der Waals surface area contributed by atoms with E-state index in [0.717, 1.165) is 43.8 Å². The van der Waals surface area contributed by atoms with E-state index in [2.05, 4.69) is 19.8 Å². The van der Waals surface area contributed by atoms with E-state index < -0.39 is 11.9 Å². The van der Waals surface area contributed by atoms with Gasteiger partial charge in [-0.25, -0.2) is 4.98 Å². The highest BCUT2D eigenvalue weighted by Crippen LogP contribution is 2.27. The van der Waals surface area contributed by atoms with E-state index in [4.69, 9.17) is 4.74 Å². The molecule has 0 spiro atoms. The molecule has 2 heterocycles. The minimum Gasteiger partial charge on any atom is -0.497 e. The first-order valence-electron chi connectivity index (χ1n) is 7.68. The summed E-state index contributed by atoms with van der Waals surface area (Å²) in [5.74, 6) is 1.16. The van der Waals surface area contributed by atoms with Crippen LogP contribution in [0.2, 0.25) is 0 Å². The van der Waals surface area contributed by atoms with Crippen LogP contribution in [0.4, 0.5) is 18.9 Å².